The van der Waals surface area contributed by atoms with Gasteiger partial charge in [-0.15, -0.1) is 11.8 Å². The van der Waals surface area contributed by atoms with E-state index in [9.17, 15) is 9.90 Å². The predicted octanol–water partition coefficient (Wildman–Crippen LogP) is 2.20. The average molecular weight is 379 g/mol. The summed E-state index contributed by atoms with van der Waals surface area (Å²) in [5, 5.41) is 9.82. The van der Waals surface area contributed by atoms with Crippen molar-refractivity contribution in [2.24, 2.45) is 11.8 Å². The number of aliphatic hydroxyl groups is 1. The fraction of sp³-hybridized carbons (Fsp3) is 0.650. The third-order valence-corrected chi connectivity index (χ3v) is 6.17. The van der Waals surface area contributed by atoms with E-state index in [2.05, 4.69) is 18.7 Å². The van der Waals surface area contributed by atoms with Crippen molar-refractivity contribution < 1.29 is 14.6 Å². The van der Waals surface area contributed by atoms with Crippen LogP contribution in [0.3, 0.4) is 0 Å². The minimum atomic E-state index is 0.0716. The van der Waals surface area contributed by atoms with Crippen LogP contribution in [0.15, 0.2) is 29.2 Å². The van der Waals surface area contributed by atoms with Crippen LogP contribution in [-0.2, 0) is 4.74 Å². The van der Waals surface area contributed by atoms with Crippen molar-refractivity contribution in [2.75, 3.05) is 45.6 Å². The molecule has 1 aromatic carbocycles. The van der Waals surface area contributed by atoms with Crippen molar-refractivity contribution in [1.82, 2.24) is 9.80 Å². The summed E-state index contributed by atoms with van der Waals surface area (Å²) in [7, 11) is 0. The maximum absolute atomic E-state index is 12.9. The summed E-state index contributed by atoms with van der Waals surface area (Å²) in [6, 6.07) is 7.79. The molecule has 2 aliphatic heterocycles. The van der Waals surface area contributed by atoms with Gasteiger partial charge in [-0.3, -0.25) is 9.69 Å². The molecule has 6 heteroatoms. The molecule has 0 aliphatic carbocycles. The van der Waals surface area contributed by atoms with Crippen LogP contribution in [0.1, 0.15) is 24.2 Å². The van der Waals surface area contributed by atoms with Crippen molar-refractivity contribution in [1.29, 1.82) is 0 Å². The highest BCUT2D eigenvalue weighted by molar-refractivity contribution is 7.98. The molecular weight excluding hydrogens is 348 g/mol. The van der Waals surface area contributed by atoms with Crippen LogP contribution in [-0.4, -0.2) is 78.6 Å². The zero-order chi connectivity index (χ0) is 18.7. The summed E-state index contributed by atoms with van der Waals surface area (Å²) in [5.74, 6) is 0.534. The van der Waals surface area contributed by atoms with E-state index >= 15 is 0 Å². The largest absolute Gasteiger partial charge is 0.396 e. The second-order valence-corrected chi connectivity index (χ2v) is 8.50. The second-order valence-electron chi connectivity index (χ2n) is 7.62. The number of nitrogens with zero attached hydrogens (tertiary/aromatic N) is 2. The number of morpholine rings is 1. The lowest BCUT2D eigenvalue weighted by molar-refractivity contribution is -0.0726. The normalized spacial score (nSPS) is 29.9. The number of hydrogen-bond acceptors (Lipinski definition) is 5. The highest BCUT2D eigenvalue weighted by atomic mass is 32.2. The lowest BCUT2D eigenvalue weighted by Crippen LogP contribution is -2.48. The fourth-order valence-electron chi connectivity index (χ4n) is 4.20. The third kappa shape index (κ3) is 4.60. The lowest BCUT2D eigenvalue weighted by Gasteiger charge is -2.37. The standard InChI is InChI=1S/C20H30N2O3S/c1-14-8-21(9-15(2)25-14)10-17-11-22(12-18(17)13-23)20(24)16-4-6-19(26-3)7-5-16/h4-7,14-15,17-18,23H,8-13H2,1-3H3/t14-,15+,17-,18-/m1/s1. The molecule has 0 bridgehead atoms. The first-order valence-corrected chi connectivity index (χ1v) is 10.6. The molecule has 2 heterocycles. The van der Waals surface area contributed by atoms with Crippen molar-refractivity contribution in [2.45, 2.75) is 31.0 Å². The van der Waals surface area contributed by atoms with Crippen molar-refractivity contribution >= 4 is 17.7 Å². The number of hydrogen-bond donors (Lipinski definition) is 1. The molecule has 0 radical (unpaired) electrons. The number of ether oxygens (including phenoxy) is 1. The molecule has 1 amide bonds. The highest BCUT2D eigenvalue weighted by Crippen LogP contribution is 2.27. The van der Waals surface area contributed by atoms with Crippen LogP contribution in [0.2, 0.25) is 0 Å². The van der Waals surface area contributed by atoms with Gasteiger partial charge in [-0.2, -0.15) is 0 Å². The molecule has 0 saturated carbocycles. The number of thioether (sulfide) groups is 1. The molecule has 2 saturated heterocycles. The van der Waals surface area contributed by atoms with Crippen molar-refractivity contribution in [3.8, 4) is 0 Å². The summed E-state index contributed by atoms with van der Waals surface area (Å²) >= 11 is 1.67. The van der Waals surface area contributed by atoms with E-state index in [4.69, 9.17) is 4.74 Å². The van der Waals surface area contributed by atoms with E-state index in [0.29, 0.717) is 19.0 Å². The molecule has 2 aliphatic rings. The third-order valence-electron chi connectivity index (χ3n) is 5.42. The summed E-state index contributed by atoms with van der Waals surface area (Å²) in [6.45, 7) is 8.46. The molecule has 2 fully saturated rings. The predicted molar refractivity (Wildman–Crippen MR) is 105 cm³/mol. The van der Waals surface area contributed by atoms with Gasteiger partial charge in [0.15, 0.2) is 0 Å². The van der Waals surface area contributed by atoms with Crippen LogP contribution in [0.4, 0.5) is 0 Å². The van der Waals surface area contributed by atoms with Gasteiger partial charge in [0.1, 0.15) is 0 Å². The van der Waals surface area contributed by atoms with E-state index in [0.717, 1.165) is 30.1 Å². The Morgan fingerprint density at radius 2 is 1.73 bits per heavy atom. The molecule has 1 aromatic rings. The maximum atomic E-state index is 12.9. The number of amides is 1. The Balaban J connectivity index is 1.63. The second kappa shape index (κ2) is 8.74. The Morgan fingerprint density at radius 1 is 1.12 bits per heavy atom. The monoisotopic (exact) mass is 378 g/mol. The molecule has 0 aromatic heterocycles. The topological polar surface area (TPSA) is 53.0 Å². The number of carbonyl (C=O) groups excluding carboxylic acids is 1. The Morgan fingerprint density at radius 3 is 2.31 bits per heavy atom. The minimum Gasteiger partial charge on any atom is -0.396 e. The Bertz CT molecular complexity index is 600. The number of rotatable bonds is 5. The lowest BCUT2D eigenvalue weighted by atomic mass is 9.96. The van der Waals surface area contributed by atoms with Gasteiger partial charge in [0.25, 0.3) is 5.91 Å². The Labute approximate surface area is 160 Å². The van der Waals surface area contributed by atoms with Crippen LogP contribution in [0.5, 0.6) is 0 Å². The molecule has 144 valence electrons. The molecule has 0 unspecified atom stereocenters. The average Bonchev–Trinajstić information content (AvgIpc) is 3.03. The van der Waals surface area contributed by atoms with Crippen LogP contribution in [0, 0.1) is 11.8 Å². The van der Waals surface area contributed by atoms with E-state index < -0.39 is 0 Å². The zero-order valence-electron chi connectivity index (χ0n) is 15.9. The smallest absolute Gasteiger partial charge is 0.253 e. The van der Waals surface area contributed by atoms with E-state index in [1.807, 2.05) is 35.4 Å². The fourth-order valence-corrected chi connectivity index (χ4v) is 4.61. The molecule has 5 nitrogen and oxygen atoms in total. The number of carbonyl (C=O) groups is 1. The van der Waals surface area contributed by atoms with Gasteiger partial charge in [0.2, 0.25) is 0 Å². The van der Waals surface area contributed by atoms with Gasteiger partial charge in [-0.1, -0.05) is 0 Å². The van der Waals surface area contributed by atoms with Crippen molar-refractivity contribution in [3.05, 3.63) is 29.8 Å². The first-order chi connectivity index (χ1) is 12.5. The van der Waals surface area contributed by atoms with Crippen LogP contribution >= 0.6 is 11.8 Å². The van der Waals surface area contributed by atoms with E-state index in [1.165, 1.54) is 0 Å². The van der Waals surface area contributed by atoms with Crippen LogP contribution < -0.4 is 0 Å². The van der Waals surface area contributed by atoms with E-state index in [1.54, 1.807) is 11.8 Å². The Hall–Kier alpha value is -1.08. The van der Waals surface area contributed by atoms with E-state index in [-0.39, 0.29) is 30.6 Å². The summed E-state index contributed by atoms with van der Waals surface area (Å²) < 4.78 is 5.81. The minimum absolute atomic E-state index is 0.0716. The van der Waals surface area contributed by atoms with Crippen molar-refractivity contribution in [3.63, 3.8) is 0 Å². The quantitative estimate of drug-likeness (QED) is 0.796. The van der Waals surface area contributed by atoms with Gasteiger partial charge >= 0.3 is 0 Å². The van der Waals surface area contributed by atoms with Gasteiger partial charge in [-0.25, -0.2) is 0 Å². The number of aliphatic hydroxyl groups excluding tert-OH is 1. The van der Waals surface area contributed by atoms with Gasteiger partial charge in [0.05, 0.1) is 12.2 Å². The summed E-state index contributed by atoms with van der Waals surface area (Å²) in [6.07, 6.45) is 2.50. The molecule has 4 atom stereocenters. The molecule has 0 spiro atoms. The molecule has 3 rings (SSSR count). The zero-order valence-corrected chi connectivity index (χ0v) is 16.7. The highest BCUT2D eigenvalue weighted by Gasteiger charge is 2.37. The maximum Gasteiger partial charge on any atom is 0.253 e. The van der Waals surface area contributed by atoms with Crippen LogP contribution in [0.25, 0.3) is 0 Å². The molecular formula is C20H30N2O3S. The number of benzene rings is 1. The summed E-state index contributed by atoms with van der Waals surface area (Å²) in [5.41, 5.74) is 0.730. The molecule has 1 N–H and O–H groups in total. The first kappa shape index (κ1) is 19.7. The number of likely N-dealkylation sites (tertiary alicyclic amines) is 1. The van der Waals surface area contributed by atoms with Gasteiger partial charge in [0, 0.05) is 55.7 Å². The van der Waals surface area contributed by atoms with Gasteiger partial charge in [-0.05, 0) is 50.3 Å². The first-order valence-electron chi connectivity index (χ1n) is 9.42. The SMILES string of the molecule is CSc1ccc(C(=O)N2C[C@@H](CN3C[C@@H](C)O[C@@H](C)C3)[C@@H](CO)C2)cc1. The molecule has 26 heavy (non-hydrogen) atoms. The Kier molecular flexibility index (Phi) is 6.61. The summed E-state index contributed by atoms with van der Waals surface area (Å²) in [4.78, 5) is 18.3. The van der Waals surface area contributed by atoms with Gasteiger partial charge < -0.3 is 14.7 Å².